The summed E-state index contributed by atoms with van der Waals surface area (Å²) in [7, 11) is 0.627. The number of aliphatic hydroxyl groups excluding tert-OH is 1. The number of Topliss-reactive ketones (excluding diaryl/α,β-unsaturated/α-hetero) is 2. The number of carbonyl (C=O) groups is 3. The Morgan fingerprint density at radius 1 is 1.00 bits per heavy atom. The Morgan fingerprint density at radius 2 is 1.63 bits per heavy atom. The fourth-order valence-electron chi connectivity index (χ4n) is 9.89. The molecular formula is C52H63FN4O9Si. The molecule has 1 aliphatic heterocycles. The fraction of sp³-hybridized carbons (Fsp3) is 0.462. The second-order valence-corrected chi connectivity index (χ2v) is 25.6. The van der Waals surface area contributed by atoms with Crippen LogP contribution in [0.25, 0.3) is 5.76 Å². The van der Waals surface area contributed by atoms with Crippen LogP contribution >= 0.6 is 0 Å². The summed E-state index contributed by atoms with van der Waals surface area (Å²) in [4.78, 5) is 49.5. The van der Waals surface area contributed by atoms with Crippen molar-refractivity contribution in [2.75, 3.05) is 32.1 Å². The average Bonchev–Trinajstić information content (AvgIpc) is 3.69. The molecule has 67 heavy (non-hydrogen) atoms. The highest BCUT2D eigenvalue weighted by atomic mass is 28.4. The number of hydrogen-bond acceptors (Lipinski definition) is 12. The summed E-state index contributed by atoms with van der Waals surface area (Å²) >= 11 is 0. The summed E-state index contributed by atoms with van der Waals surface area (Å²) in [5.41, 5.74) is -1.17. The second kappa shape index (κ2) is 17.8. The van der Waals surface area contributed by atoms with Crippen LogP contribution in [-0.4, -0.2) is 79.5 Å². The van der Waals surface area contributed by atoms with E-state index in [2.05, 4.69) is 17.1 Å². The third kappa shape index (κ3) is 8.42. The maximum atomic E-state index is 18.0. The van der Waals surface area contributed by atoms with Crippen LogP contribution in [0, 0.1) is 17.7 Å². The number of carbonyl (C=O) groups excluding carboxylic acids is 3. The van der Waals surface area contributed by atoms with E-state index in [1.54, 1.807) is 26.8 Å². The van der Waals surface area contributed by atoms with Crippen molar-refractivity contribution in [3.63, 3.8) is 0 Å². The average molecular weight is 935 g/mol. The van der Waals surface area contributed by atoms with E-state index < -0.39 is 77.7 Å². The molecule has 4 aromatic rings. The van der Waals surface area contributed by atoms with E-state index >= 15 is 14.0 Å². The minimum Gasteiger partial charge on any atom is -0.507 e. The van der Waals surface area contributed by atoms with Crippen molar-refractivity contribution < 1.29 is 47.0 Å². The molecule has 1 unspecified atom stereocenters. The Labute approximate surface area is 393 Å². The summed E-state index contributed by atoms with van der Waals surface area (Å²) in [5, 5.41) is 20.3. The predicted octanol–water partition coefficient (Wildman–Crippen LogP) is 10.2. The number of nitrogens with one attached hydrogen (secondary N) is 1. The molecule has 3 aliphatic carbocycles. The molecule has 0 bridgehead atoms. The van der Waals surface area contributed by atoms with Crippen molar-refractivity contribution in [2.24, 2.45) is 11.8 Å². The van der Waals surface area contributed by atoms with E-state index in [9.17, 15) is 9.90 Å². The highest BCUT2D eigenvalue weighted by Gasteiger charge is 2.68. The maximum absolute atomic E-state index is 18.0. The van der Waals surface area contributed by atoms with Crippen molar-refractivity contribution in [3.05, 3.63) is 124 Å². The van der Waals surface area contributed by atoms with E-state index in [0.717, 1.165) is 11.1 Å². The molecule has 3 aromatic carbocycles. The number of halogens is 1. The molecular weight excluding hydrogens is 872 g/mol. The molecule has 4 aliphatic rings. The number of aromatic nitrogens is 1. The Kier molecular flexibility index (Phi) is 12.7. The molecule has 0 saturated heterocycles. The van der Waals surface area contributed by atoms with E-state index in [1.165, 1.54) is 4.90 Å². The molecule has 13 nitrogen and oxygen atoms in total. The van der Waals surface area contributed by atoms with Gasteiger partial charge in [0.05, 0.1) is 17.3 Å². The molecule has 1 saturated carbocycles. The van der Waals surface area contributed by atoms with Crippen LogP contribution in [0.4, 0.5) is 14.9 Å². The van der Waals surface area contributed by atoms with E-state index in [1.807, 2.05) is 114 Å². The standard InChI is InChI=1S/C52H63FN4O9Si/c1-12-24-54-41-34-27-32-26-33-37(45(62-28-30-19-15-13-16-20-30)42-38(40(33)53)35(56(8)9)23-25-57(42)49(61)64-50(2,3)4)43(58)36(32)46(59)52(34,66-67(10,11)51(5,6)7)47(60)39-44(41)65-55-48(39)63-29-31-21-17-14-18-22-31/h12-22,32,34-35,41,54,58H,1,23-29H2,2-11H3/t32-,34-,35?,41-,52-/m0/s1. The van der Waals surface area contributed by atoms with Crippen LogP contribution in [0.2, 0.25) is 18.1 Å². The molecule has 356 valence electrons. The normalized spacial score (nSPS) is 22.7. The molecule has 8 rings (SSSR count). The van der Waals surface area contributed by atoms with Crippen LogP contribution in [0.15, 0.2) is 83.4 Å². The Hall–Kier alpha value is -5.61. The van der Waals surface area contributed by atoms with Crippen molar-refractivity contribution in [3.8, 4) is 11.6 Å². The minimum atomic E-state index is -3.08. The fourth-order valence-corrected chi connectivity index (χ4v) is 11.3. The van der Waals surface area contributed by atoms with Gasteiger partial charge in [0.15, 0.2) is 25.4 Å². The quantitative estimate of drug-likeness (QED) is 0.0790. The number of ether oxygens (including phenoxy) is 3. The van der Waals surface area contributed by atoms with Gasteiger partial charge in [-0.05, 0) is 94.5 Å². The van der Waals surface area contributed by atoms with Crippen molar-refractivity contribution in [2.45, 2.75) is 115 Å². The zero-order chi connectivity index (χ0) is 48.4. The van der Waals surface area contributed by atoms with Gasteiger partial charge in [-0.3, -0.25) is 14.5 Å². The van der Waals surface area contributed by atoms with Crippen LogP contribution in [-0.2, 0) is 33.6 Å². The number of anilines is 1. The van der Waals surface area contributed by atoms with E-state index in [0.29, 0.717) is 6.42 Å². The van der Waals surface area contributed by atoms with Gasteiger partial charge < -0.3 is 38.5 Å². The number of hydrogen-bond donors (Lipinski definition) is 2. The van der Waals surface area contributed by atoms with Gasteiger partial charge >= 0.3 is 6.09 Å². The highest BCUT2D eigenvalue weighted by Crippen LogP contribution is 2.60. The lowest BCUT2D eigenvalue weighted by molar-refractivity contribution is -0.138. The number of amides is 1. The lowest BCUT2D eigenvalue weighted by atomic mass is 9.57. The lowest BCUT2D eigenvalue weighted by Crippen LogP contribution is -2.68. The number of nitrogens with zero attached hydrogens (tertiary/aromatic N) is 3. The third-order valence-electron chi connectivity index (χ3n) is 14.0. The third-order valence-corrected chi connectivity index (χ3v) is 18.5. The van der Waals surface area contributed by atoms with Crippen molar-refractivity contribution >= 4 is 37.4 Å². The van der Waals surface area contributed by atoms with Gasteiger partial charge in [0, 0.05) is 41.7 Å². The maximum Gasteiger partial charge on any atom is 0.414 e. The van der Waals surface area contributed by atoms with Gasteiger partial charge in [0.1, 0.15) is 36.0 Å². The number of fused-ring (bicyclic) bond motifs is 5. The predicted molar refractivity (Wildman–Crippen MR) is 255 cm³/mol. The Balaban J connectivity index is 1.37. The number of benzene rings is 3. The molecule has 0 spiro atoms. The summed E-state index contributed by atoms with van der Waals surface area (Å²) in [6, 6.07) is 17.5. The molecule has 5 atom stereocenters. The molecule has 0 radical (unpaired) electrons. The van der Waals surface area contributed by atoms with Crippen LogP contribution in [0.5, 0.6) is 11.6 Å². The minimum absolute atomic E-state index is 0.0161. The molecule has 15 heteroatoms. The molecule has 2 heterocycles. The van der Waals surface area contributed by atoms with Crippen LogP contribution in [0.3, 0.4) is 0 Å². The van der Waals surface area contributed by atoms with E-state index in [4.69, 9.17) is 23.2 Å². The zero-order valence-electron chi connectivity index (χ0n) is 40.2. The monoisotopic (exact) mass is 934 g/mol. The smallest absolute Gasteiger partial charge is 0.414 e. The first kappa shape index (κ1) is 47.9. The van der Waals surface area contributed by atoms with Crippen molar-refractivity contribution in [1.29, 1.82) is 0 Å². The Morgan fingerprint density at radius 3 is 2.21 bits per heavy atom. The summed E-state index contributed by atoms with van der Waals surface area (Å²) in [6.45, 7) is 19.7. The number of rotatable bonds is 12. The summed E-state index contributed by atoms with van der Waals surface area (Å²) in [6.07, 6.45) is 1.42. The van der Waals surface area contributed by atoms with Gasteiger partial charge in [-0.15, -0.1) is 6.58 Å². The topological polar surface area (TPSA) is 153 Å². The summed E-state index contributed by atoms with van der Waals surface area (Å²) < 4.78 is 50.2. The molecule has 2 N–H and O–H groups in total. The van der Waals surface area contributed by atoms with Gasteiger partial charge in [-0.25, -0.2) is 9.18 Å². The number of ketones is 2. The van der Waals surface area contributed by atoms with Crippen LogP contribution in [0.1, 0.15) is 110 Å². The number of aliphatic hydroxyl groups is 1. The Bertz CT molecular complexity index is 2620. The SMILES string of the molecule is C=CCN[C@@H]1c2onc(OCc3ccccc3)c2C(=O)[C@@]2(O[Si](C)(C)C(C)(C)C)C(=O)C3=C(O)c4c(c(F)c5c(c4OCc4ccccc4)N(C(=O)OC(C)(C)C)CCC5N(C)C)C[C@H]3C[C@@H]12. The molecule has 1 amide bonds. The van der Waals surface area contributed by atoms with Crippen LogP contribution < -0.4 is 19.7 Å². The van der Waals surface area contributed by atoms with Gasteiger partial charge in [0.2, 0.25) is 11.6 Å². The zero-order valence-corrected chi connectivity index (χ0v) is 41.2. The summed E-state index contributed by atoms with van der Waals surface area (Å²) in [5.74, 6) is -4.11. The van der Waals surface area contributed by atoms with Gasteiger partial charge in [-0.2, -0.15) is 0 Å². The second-order valence-electron chi connectivity index (χ2n) is 20.9. The first-order chi connectivity index (χ1) is 31.6. The van der Waals surface area contributed by atoms with E-state index in [-0.39, 0.29) is 90.0 Å². The molecule has 1 fully saturated rings. The lowest BCUT2D eigenvalue weighted by Gasteiger charge is -2.54. The largest absolute Gasteiger partial charge is 0.507 e. The van der Waals surface area contributed by atoms with Gasteiger partial charge in [-0.1, -0.05) is 87.5 Å². The first-order valence-corrected chi connectivity index (χ1v) is 26.0. The van der Waals surface area contributed by atoms with Gasteiger partial charge in [0.25, 0.3) is 5.88 Å². The van der Waals surface area contributed by atoms with Crippen molar-refractivity contribution in [1.82, 2.24) is 15.4 Å². The molecule has 1 aromatic heterocycles. The first-order valence-electron chi connectivity index (χ1n) is 23.1. The highest BCUT2D eigenvalue weighted by molar-refractivity contribution is 6.74.